The molecule has 1 N–H and O–H groups in total. The van der Waals surface area contributed by atoms with Crippen molar-refractivity contribution in [1.82, 2.24) is 9.62 Å². The van der Waals surface area contributed by atoms with Crippen molar-refractivity contribution in [3.8, 4) is 0 Å². The van der Waals surface area contributed by atoms with Crippen molar-refractivity contribution >= 4 is 15.9 Å². The van der Waals surface area contributed by atoms with E-state index in [1.54, 1.807) is 0 Å². The van der Waals surface area contributed by atoms with Gasteiger partial charge < -0.3 is 5.32 Å². The van der Waals surface area contributed by atoms with Crippen LogP contribution in [0, 0.1) is 11.8 Å². The molecule has 1 atom stereocenters. The highest BCUT2D eigenvalue weighted by molar-refractivity contribution is 7.88. The van der Waals surface area contributed by atoms with Gasteiger partial charge in [-0.25, -0.2) is 12.7 Å². The summed E-state index contributed by atoms with van der Waals surface area (Å²) in [5, 5.41) is 3.04. The Hall–Kier alpha value is -1.40. The van der Waals surface area contributed by atoms with Crippen LogP contribution < -0.4 is 5.32 Å². The molecule has 1 amide bonds. The number of amides is 1. The molecule has 1 heterocycles. The zero-order chi connectivity index (χ0) is 16.4. The van der Waals surface area contributed by atoms with Gasteiger partial charge in [-0.1, -0.05) is 24.3 Å². The lowest BCUT2D eigenvalue weighted by Gasteiger charge is -2.31. The molecule has 1 aromatic carbocycles. The minimum atomic E-state index is -3.13. The molecule has 0 aromatic heterocycles. The van der Waals surface area contributed by atoms with Crippen LogP contribution >= 0.6 is 0 Å². The largest absolute Gasteiger partial charge is 0.356 e. The molecule has 6 heteroatoms. The lowest BCUT2D eigenvalue weighted by atomic mass is 9.99. The number of nitrogens with one attached hydrogen (secondary N) is 1. The molecule has 1 unspecified atom stereocenters. The highest BCUT2D eigenvalue weighted by Gasteiger charge is 2.29. The van der Waals surface area contributed by atoms with E-state index < -0.39 is 10.0 Å². The number of carbonyl (C=O) groups is 1. The van der Waals surface area contributed by atoms with Gasteiger partial charge in [0.15, 0.2) is 0 Å². The number of carbonyl (C=O) groups excluding carboxylic acids is 1. The first-order chi connectivity index (χ1) is 10.9. The molecular weight excluding hydrogens is 312 g/mol. The van der Waals surface area contributed by atoms with Gasteiger partial charge in [0.25, 0.3) is 0 Å². The van der Waals surface area contributed by atoms with Crippen molar-refractivity contribution in [1.29, 1.82) is 0 Å². The van der Waals surface area contributed by atoms with Crippen molar-refractivity contribution in [3.63, 3.8) is 0 Å². The van der Waals surface area contributed by atoms with E-state index in [9.17, 15) is 13.2 Å². The summed E-state index contributed by atoms with van der Waals surface area (Å²) in [5.74, 6) is 0.325. The number of fused-ring (bicyclic) bond motifs is 1. The van der Waals surface area contributed by atoms with Gasteiger partial charge in [0.1, 0.15) is 0 Å². The Labute approximate surface area is 138 Å². The van der Waals surface area contributed by atoms with Gasteiger partial charge in [0.2, 0.25) is 15.9 Å². The number of hydrogen-bond acceptors (Lipinski definition) is 3. The Morgan fingerprint density at radius 1 is 1.26 bits per heavy atom. The van der Waals surface area contributed by atoms with Crippen LogP contribution in [0.3, 0.4) is 0 Å². The van der Waals surface area contributed by atoms with Gasteiger partial charge >= 0.3 is 0 Å². The van der Waals surface area contributed by atoms with Crippen LogP contribution in [0.2, 0.25) is 0 Å². The van der Waals surface area contributed by atoms with E-state index in [1.807, 2.05) is 12.1 Å². The third-order valence-electron chi connectivity index (χ3n) is 4.94. The zero-order valence-corrected chi connectivity index (χ0v) is 14.3. The number of piperidine rings is 1. The fourth-order valence-corrected chi connectivity index (χ4v) is 4.57. The predicted molar refractivity (Wildman–Crippen MR) is 89.5 cm³/mol. The van der Waals surface area contributed by atoms with Crippen molar-refractivity contribution in [2.24, 2.45) is 11.8 Å². The van der Waals surface area contributed by atoms with Gasteiger partial charge in [-0.15, -0.1) is 0 Å². The smallest absolute Gasteiger partial charge is 0.223 e. The third-order valence-corrected chi connectivity index (χ3v) is 6.21. The van der Waals surface area contributed by atoms with Gasteiger partial charge in [-0.05, 0) is 42.7 Å². The standard InChI is InChI=1S/C17H24N2O3S/c1-23(21,22)19-8-4-5-13(12-19)11-18-17(20)16-9-14-6-2-3-7-15(14)10-16/h2-3,6-7,13,16H,4-5,8-12H2,1H3,(H,18,20). The molecule has 23 heavy (non-hydrogen) atoms. The Bertz CT molecular complexity index is 662. The van der Waals surface area contributed by atoms with Crippen LogP contribution in [0.5, 0.6) is 0 Å². The molecule has 0 saturated carbocycles. The minimum absolute atomic E-state index is 0.0157. The molecule has 1 saturated heterocycles. The van der Waals surface area contributed by atoms with E-state index in [1.165, 1.54) is 21.7 Å². The lowest BCUT2D eigenvalue weighted by molar-refractivity contribution is -0.124. The summed E-state index contributed by atoms with van der Waals surface area (Å²) in [6.45, 7) is 1.68. The predicted octanol–water partition coefficient (Wildman–Crippen LogP) is 1.19. The van der Waals surface area contributed by atoms with Gasteiger partial charge in [-0.2, -0.15) is 0 Å². The fourth-order valence-electron chi connectivity index (χ4n) is 3.63. The molecule has 0 bridgehead atoms. The van der Waals surface area contributed by atoms with Crippen LogP contribution in [0.15, 0.2) is 24.3 Å². The molecule has 1 aliphatic heterocycles. The summed E-state index contributed by atoms with van der Waals surface area (Å²) in [7, 11) is -3.13. The summed E-state index contributed by atoms with van der Waals surface area (Å²) in [6.07, 6.45) is 4.70. The maximum Gasteiger partial charge on any atom is 0.223 e. The van der Waals surface area contributed by atoms with E-state index in [0.29, 0.717) is 19.6 Å². The van der Waals surface area contributed by atoms with E-state index in [-0.39, 0.29) is 17.7 Å². The molecule has 3 rings (SSSR count). The lowest BCUT2D eigenvalue weighted by Crippen LogP contribution is -2.44. The highest BCUT2D eigenvalue weighted by Crippen LogP contribution is 2.26. The summed E-state index contributed by atoms with van der Waals surface area (Å²) in [6, 6.07) is 8.21. The van der Waals surface area contributed by atoms with E-state index in [2.05, 4.69) is 17.4 Å². The molecule has 1 aliphatic carbocycles. The number of rotatable bonds is 4. The Morgan fingerprint density at radius 3 is 2.52 bits per heavy atom. The fraction of sp³-hybridized carbons (Fsp3) is 0.588. The number of hydrogen-bond donors (Lipinski definition) is 1. The molecule has 1 aromatic rings. The first-order valence-corrected chi connectivity index (χ1v) is 10.1. The van der Waals surface area contributed by atoms with E-state index >= 15 is 0 Å². The van der Waals surface area contributed by atoms with Crippen molar-refractivity contribution in [2.75, 3.05) is 25.9 Å². The van der Waals surface area contributed by atoms with Crippen molar-refractivity contribution < 1.29 is 13.2 Å². The summed E-state index contributed by atoms with van der Waals surface area (Å²) in [5.41, 5.74) is 2.54. The number of nitrogens with zero attached hydrogens (tertiary/aromatic N) is 1. The van der Waals surface area contributed by atoms with Gasteiger partial charge in [0.05, 0.1) is 6.26 Å². The maximum absolute atomic E-state index is 12.4. The monoisotopic (exact) mass is 336 g/mol. The van der Waals surface area contributed by atoms with Crippen molar-refractivity contribution in [3.05, 3.63) is 35.4 Å². The Balaban J connectivity index is 1.50. The normalized spacial score (nSPS) is 22.7. The summed E-state index contributed by atoms with van der Waals surface area (Å²) in [4.78, 5) is 12.4. The van der Waals surface area contributed by atoms with Crippen LogP contribution in [0.1, 0.15) is 24.0 Å². The average Bonchev–Trinajstić information content (AvgIpc) is 2.96. The molecule has 2 aliphatic rings. The molecule has 5 nitrogen and oxygen atoms in total. The number of sulfonamides is 1. The highest BCUT2D eigenvalue weighted by atomic mass is 32.2. The molecule has 126 valence electrons. The van der Waals surface area contributed by atoms with Gasteiger partial charge in [0, 0.05) is 25.6 Å². The summed E-state index contributed by atoms with van der Waals surface area (Å²) >= 11 is 0. The molecule has 0 radical (unpaired) electrons. The Morgan fingerprint density at radius 2 is 1.91 bits per heavy atom. The minimum Gasteiger partial charge on any atom is -0.356 e. The maximum atomic E-state index is 12.4. The molecule has 1 fully saturated rings. The molecular formula is C17H24N2O3S. The topological polar surface area (TPSA) is 66.5 Å². The zero-order valence-electron chi connectivity index (χ0n) is 13.5. The second-order valence-electron chi connectivity index (χ2n) is 6.75. The Kier molecular flexibility index (Phi) is 4.73. The van der Waals surface area contributed by atoms with E-state index in [0.717, 1.165) is 25.7 Å². The second kappa shape index (κ2) is 6.61. The van der Waals surface area contributed by atoms with Crippen molar-refractivity contribution in [2.45, 2.75) is 25.7 Å². The molecule has 0 spiro atoms. The summed E-state index contributed by atoms with van der Waals surface area (Å²) < 4.78 is 24.8. The van der Waals surface area contributed by atoms with Crippen LogP contribution in [-0.2, 0) is 27.7 Å². The quantitative estimate of drug-likeness (QED) is 0.898. The van der Waals surface area contributed by atoms with Crippen LogP contribution in [0.25, 0.3) is 0 Å². The van der Waals surface area contributed by atoms with Crippen LogP contribution in [-0.4, -0.2) is 44.5 Å². The van der Waals surface area contributed by atoms with Gasteiger partial charge in [-0.3, -0.25) is 4.79 Å². The first-order valence-electron chi connectivity index (χ1n) is 8.23. The SMILES string of the molecule is CS(=O)(=O)N1CCCC(CNC(=O)C2Cc3ccccc3C2)C1. The third kappa shape index (κ3) is 3.93. The number of benzene rings is 1. The van der Waals surface area contributed by atoms with Crippen LogP contribution in [0.4, 0.5) is 0 Å². The van der Waals surface area contributed by atoms with E-state index in [4.69, 9.17) is 0 Å². The second-order valence-corrected chi connectivity index (χ2v) is 8.73. The average molecular weight is 336 g/mol. The first kappa shape index (κ1) is 16.5.